The molecule has 4 nitrogen and oxygen atoms in total. The minimum Gasteiger partial charge on any atom is -0.339 e. The molecule has 0 aliphatic carbocycles. The summed E-state index contributed by atoms with van der Waals surface area (Å²) in [5.41, 5.74) is 1.19. The summed E-state index contributed by atoms with van der Waals surface area (Å²) < 4.78 is 0. The molecule has 2 N–H and O–H groups in total. The van der Waals surface area contributed by atoms with Crippen LogP contribution in [0.4, 0.5) is 0 Å². The first-order valence-electron chi connectivity index (χ1n) is 6.44. The van der Waals surface area contributed by atoms with E-state index >= 15 is 0 Å². The minimum absolute atomic E-state index is 0.143. The maximum absolute atomic E-state index is 11.9. The fourth-order valence-corrected chi connectivity index (χ4v) is 2.03. The zero-order chi connectivity index (χ0) is 13.8. The predicted molar refractivity (Wildman–Crippen MR) is 73.9 cm³/mol. The first-order chi connectivity index (χ1) is 9.06. The van der Waals surface area contributed by atoms with Gasteiger partial charge in [0.1, 0.15) is 11.7 Å². The van der Waals surface area contributed by atoms with Crippen molar-refractivity contribution >= 4 is 17.9 Å². The molecule has 1 unspecified atom stereocenters. The summed E-state index contributed by atoms with van der Waals surface area (Å²) in [7, 11) is 0. The van der Waals surface area contributed by atoms with E-state index in [1.165, 1.54) is 0 Å². The van der Waals surface area contributed by atoms with E-state index in [1.54, 1.807) is 6.08 Å². The van der Waals surface area contributed by atoms with Crippen LogP contribution in [0.1, 0.15) is 25.8 Å². The molecule has 1 fully saturated rings. The van der Waals surface area contributed by atoms with Crippen molar-refractivity contribution in [3.8, 4) is 0 Å². The van der Waals surface area contributed by atoms with Crippen LogP contribution in [0.3, 0.4) is 0 Å². The van der Waals surface area contributed by atoms with E-state index in [2.05, 4.69) is 10.6 Å². The Bertz CT molecular complexity index is 506. The Balaban J connectivity index is 2.13. The smallest absolute Gasteiger partial charge is 0.268 e. The fourth-order valence-electron chi connectivity index (χ4n) is 2.03. The molecule has 1 aromatic carbocycles. The van der Waals surface area contributed by atoms with Gasteiger partial charge in [0, 0.05) is 0 Å². The third-order valence-corrected chi connectivity index (χ3v) is 2.94. The van der Waals surface area contributed by atoms with Crippen LogP contribution in [-0.4, -0.2) is 17.9 Å². The Morgan fingerprint density at radius 3 is 2.53 bits per heavy atom. The Morgan fingerprint density at radius 1 is 1.21 bits per heavy atom. The van der Waals surface area contributed by atoms with Gasteiger partial charge in [0.15, 0.2) is 0 Å². The number of hydrogen-bond donors (Lipinski definition) is 2. The molecule has 1 saturated heterocycles. The molecule has 2 rings (SSSR count). The van der Waals surface area contributed by atoms with Crippen LogP contribution in [0, 0.1) is 5.92 Å². The number of amides is 2. The van der Waals surface area contributed by atoms with Crippen LogP contribution in [0.25, 0.3) is 6.08 Å². The quantitative estimate of drug-likeness (QED) is 0.811. The lowest BCUT2D eigenvalue weighted by Crippen LogP contribution is -2.55. The lowest BCUT2D eigenvalue weighted by atomic mass is 10.0. The summed E-state index contributed by atoms with van der Waals surface area (Å²) >= 11 is 0. The van der Waals surface area contributed by atoms with Gasteiger partial charge in [-0.2, -0.15) is 0 Å². The molecule has 100 valence electrons. The van der Waals surface area contributed by atoms with Crippen molar-refractivity contribution in [2.24, 2.45) is 5.92 Å². The highest BCUT2D eigenvalue weighted by molar-refractivity contribution is 6.07. The van der Waals surface area contributed by atoms with E-state index in [-0.39, 0.29) is 11.8 Å². The highest BCUT2D eigenvalue weighted by Gasteiger charge is 2.29. The number of rotatable bonds is 3. The summed E-state index contributed by atoms with van der Waals surface area (Å²) in [6.07, 6.45) is 2.33. The van der Waals surface area contributed by atoms with Gasteiger partial charge in [-0.3, -0.25) is 9.59 Å². The standard InChI is InChI=1S/C15H18N2O2/c1-10(2)8-12-14(18)17-13(15(19)16-12)9-11-6-4-3-5-7-11/h3-7,9-10,12H,8H2,1-2H3,(H,16,19)(H,17,18). The first kappa shape index (κ1) is 13.3. The second kappa shape index (κ2) is 5.69. The number of nitrogens with one attached hydrogen (secondary N) is 2. The zero-order valence-corrected chi connectivity index (χ0v) is 11.1. The maximum Gasteiger partial charge on any atom is 0.268 e. The zero-order valence-electron chi connectivity index (χ0n) is 11.1. The second-order valence-electron chi connectivity index (χ2n) is 5.11. The van der Waals surface area contributed by atoms with E-state index in [9.17, 15) is 9.59 Å². The number of carbonyl (C=O) groups excluding carboxylic acids is 2. The third kappa shape index (κ3) is 3.44. The summed E-state index contributed by atoms with van der Waals surface area (Å²) in [6, 6.07) is 9.01. The molecule has 1 atom stereocenters. The third-order valence-electron chi connectivity index (χ3n) is 2.94. The number of piperazine rings is 1. The number of benzene rings is 1. The lowest BCUT2D eigenvalue weighted by molar-refractivity contribution is -0.131. The number of hydrogen-bond acceptors (Lipinski definition) is 2. The SMILES string of the molecule is CC(C)CC1NC(=O)C(=Cc2ccccc2)NC1=O. The van der Waals surface area contributed by atoms with Crippen LogP contribution in [0.15, 0.2) is 36.0 Å². The van der Waals surface area contributed by atoms with Crippen molar-refractivity contribution in [2.75, 3.05) is 0 Å². The molecule has 1 aliphatic heterocycles. The van der Waals surface area contributed by atoms with E-state index in [0.29, 0.717) is 18.0 Å². The molecule has 0 spiro atoms. The molecular formula is C15H18N2O2. The molecule has 0 saturated carbocycles. The first-order valence-corrected chi connectivity index (χ1v) is 6.44. The van der Waals surface area contributed by atoms with Crippen LogP contribution in [0.2, 0.25) is 0 Å². The van der Waals surface area contributed by atoms with Crippen molar-refractivity contribution in [2.45, 2.75) is 26.3 Å². The topological polar surface area (TPSA) is 58.2 Å². The summed E-state index contributed by atoms with van der Waals surface area (Å²) in [5.74, 6) is -0.0136. The Labute approximate surface area is 112 Å². The average Bonchev–Trinajstić information content (AvgIpc) is 2.36. The van der Waals surface area contributed by atoms with Gasteiger partial charge < -0.3 is 10.6 Å². The Morgan fingerprint density at radius 2 is 1.89 bits per heavy atom. The molecular weight excluding hydrogens is 240 g/mol. The van der Waals surface area contributed by atoms with E-state index in [4.69, 9.17) is 0 Å². The van der Waals surface area contributed by atoms with Crippen molar-refractivity contribution < 1.29 is 9.59 Å². The average molecular weight is 258 g/mol. The predicted octanol–water partition coefficient (Wildman–Crippen LogP) is 1.69. The van der Waals surface area contributed by atoms with Crippen molar-refractivity contribution in [3.63, 3.8) is 0 Å². The molecule has 1 aromatic rings. The van der Waals surface area contributed by atoms with Crippen LogP contribution >= 0.6 is 0 Å². The molecule has 4 heteroatoms. The highest BCUT2D eigenvalue weighted by atomic mass is 16.2. The largest absolute Gasteiger partial charge is 0.339 e. The maximum atomic E-state index is 11.9. The van der Waals surface area contributed by atoms with Crippen molar-refractivity contribution in [1.29, 1.82) is 0 Å². The van der Waals surface area contributed by atoms with Gasteiger partial charge in [-0.25, -0.2) is 0 Å². The van der Waals surface area contributed by atoms with Gasteiger partial charge in [0.25, 0.3) is 5.91 Å². The van der Waals surface area contributed by atoms with Crippen LogP contribution < -0.4 is 10.6 Å². The summed E-state index contributed by atoms with van der Waals surface area (Å²) in [6.45, 7) is 4.05. The Hall–Kier alpha value is -2.10. The van der Waals surface area contributed by atoms with Gasteiger partial charge in [-0.05, 0) is 24.0 Å². The second-order valence-corrected chi connectivity index (χ2v) is 5.11. The van der Waals surface area contributed by atoms with Gasteiger partial charge >= 0.3 is 0 Å². The van der Waals surface area contributed by atoms with Gasteiger partial charge in [-0.1, -0.05) is 44.2 Å². The molecule has 1 heterocycles. The number of carbonyl (C=O) groups is 2. The molecule has 2 amide bonds. The van der Waals surface area contributed by atoms with Gasteiger partial charge in [0.2, 0.25) is 5.91 Å². The van der Waals surface area contributed by atoms with E-state index in [0.717, 1.165) is 5.56 Å². The molecule has 19 heavy (non-hydrogen) atoms. The van der Waals surface area contributed by atoms with Crippen LogP contribution in [0.5, 0.6) is 0 Å². The normalized spacial score (nSPS) is 21.4. The minimum atomic E-state index is -0.430. The lowest BCUT2D eigenvalue weighted by Gasteiger charge is -2.26. The van der Waals surface area contributed by atoms with E-state index in [1.807, 2.05) is 44.2 Å². The molecule has 0 bridgehead atoms. The van der Waals surface area contributed by atoms with Crippen LogP contribution in [-0.2, 0) is 9.59 Å². The van der Waals surface area contributed by atoms with Gasteiger partial charge in [0.05, 0.1) is 0 Å². The van der Waals surface area contributed by atoms with Crippen molar-refractivity contribution in [1.82, 2.24) is 10.6 Å². The molecule has 0 aromatic heterocycles. The summed E-state index contributed by atoms with van der Waals surface area (Å²) in [5, 5.41) is 5.43. The summed E-state index contributed by atoms with van der Waals surface area (Å²) in [4.78, 5) is 23.9. The fraction of sp³-hybridized carbons (Fsp3) is 0.333. The Kier molecular flexibility index (Phi) is 4.00. The van der Waals surface area contributed by atoms with Gasteiger partial charge in [-0.15, -0.1) is 0 Å². The molecule has 1 aliphatic rings. The molecule has 0 radical (unpaired) electrons. The monoisotopic (exact) mass is 258 g/mol. The highest BCUT2D eigenvalue weighted by Crippen LogP contribution is 2.12. The van der Waals surface area contributed by atoms with Crippen molar-refractivity contribution in [3.05, 3.63) is 41.6 Å². The van der Waals surface area contributed by atoms with E-state index < -0.39 is 6.04 Å².